The van der Waals surface area contributed by atoms with E-state index in [9.17, 15) is 0 Å². The number of nitrogens with zero attached hydrogens (tertiary/aromatic N) is 5. The van der Waals surface area contributed by atoms with Crippen molar-refractivity contribution in [1.29, 1.82) is 0 Å². The van der Waals surface area contributed by atoms with Crippen LogP contribution in [0.25, 0.3) is 11.0 Å². The molecule has 2 saturated heterocycles. The Morgan fingerprint density at radius 2 is 1.86 bits per heavy atom. The number of aromatic amines is 1. The molecule has 1 aromatic carbocycles. The summed E-state index contributed by atoms with van der Waals surface area (Å²) < 4.78 is 5.45. The minimum atomic E-state index is 0.330. The third kappa shape index (κ3) is 3.60. The van der Waals surface area contributed by atoms with Crippen molar-refractivity contribution in [2.45, 2.75) is 18.9 Å². The van der Waals surface area contributed by atoms with Gasteiger partial charge in [0.25, 0.3) is 0 Å². The molecule has 8 heteroatoms. The molecule has 0 radical (unpaired) electrons. The maximum Gasteiger partial charge on any atom is 0.201 e. The summed E-state index contributed by atoms with van der Waals surface area (Å²) in [5, 5.41) is 3.57. The number of morpholine rings is 1. The Balaban J connectivity index is 1.28. The van der Waals surface area contributed by atoms with E-state index in [0.29, 0.717) is 6.04 Å². The minimum Gasteiger partial charge on any atom is -0.378 e. The Hall–Kier alpha value is -2.87. The quantitative estimate of drug-likeness (QED) is 0.720. The third-order valence-electron chi connectivity index (χ3n) is 5.45. The molecular formula is C20H25N7O. The van der Waals surface area contributed by atoms with E-state index in [4.69, 9.17) is 4.74 Å². The molecule has 28 heavy (non-hydrogen) atoms. The van der Waals surface area contributed by atoms with Crippen molar-refractivity contribution in [2.24, 2.45) is 0 Å². The number of aromatic nitrogens is 4. The van der Waals surface area contributed by atoms with Crippen LogP contribution in [0, 0.1) is 0 Å². The Bertz CT molecular complexity index is 904. The zero-order valence-corrected chi connectivity index (χ0v) is 15.8. The van der Waals surface area contributed by atoms with E-state index in [1.54, 1.807) is 6.33 Å². The van der Waals surface area contributed by atoms with Crippen molar-refractivity contribution >= 4 is 28.6 Å². The molecular weight excluding hydrogens is 354 g/mol. The number of piperidine rings is 1. The first-order valence-electron chi connectivity index (χ1n) is 9.96. The number of fused-ring (bicyclic) bond motifs is 1. The molecule has 5 rings (SSSR count). The molecule has 0 saturated carbocycles. The zero-order chi connectivity index (χ0) is 18.8. The van der Waals surface area contributed by atoms with E-state index in [-0.39, 0.29) is 0 Å². The van der Waals surface area contributed by atoms with Gasteiger partial charge in [0.05, 0.1) is 24.2 Å². The fourth-order valence-electron chi connectivity index (χ4n) is 3.99. The van der Waals surface area contributed by atoms with E-state index in [2.05, 4.69) is 47.2 Å². The molecule has 8 nitrogen and oxygen atoms in total. The van der Waals surface area contributed by atoms with Crippen molar-refractivity contribution in [2.75, 3.05) is 54.5 Å². The number of hydrogen-bond donors (Lipinski definition) is 2. The minimum absolute atomic E-state index is 0.330. The molecule has 2 fully saturated rings. The van der Waals surface area contributed by atoms with Gasteiger partial charge in [0, 0.05) is 38.3 Å². The maximum atomic E-state index is 5.45. The van der Waals surface area contributed by atoms with Gasteiger partial charge in [-0.3, -0.25) is 0 Å². The maximum absolute atomic E-state index is 5.45. The summed E-state index contributed by atoms with van der Waals surface area (Å²) in [7, 11) is 0. The number of para-hydroxylation sites is 2. The average molecular weight is 379 g/mol. The van der Waals surface area contributed by atoms with Gasteiger partial charge in [-0.1, -0.05) is 12.1 Å². The van der Waals surface area contributed by atoms with E-state index in [1.807, 2.05) is 18.2 Å². The number of anilines is 3. The van der Waals surface area contributed by atoms with Crippen LogP contribution >= 0.6 is 0 Å². The van der Waals surface area contributed by atoms with Gasteiger partial charge in [-0.2, -0.15) is 0 Å². The molecule has 0 bridgehead atoms. The SMILES string of the molecule is c1ccc2[nH]c(NC3CCCN(c4cc(N5CCOCC5)ncn4)C3)nc2c1. The van der Waals surface area contributed by atoms with E-state index >= 15 is 0 Å². The molecule has 4 heterocycles. The van der Waals surface area contributed by atoms with Crippen molar-refractivity contribution in [3.8, 4) is 0 Å². The van der Waals surface area contributed by atoms with Gasteiger partial charge in [-0.05, 0) is 25.0 Å². The van der Waals surface area contributed by atoms with Crippen LogP contribution in [0.2, 0.25) is 0 Å². The number of hydrogen-bond acceptors (Lipinski definition) is 7. The van der Waals surface area contributed by atoms with Gasteiger partial charge in [-0.25, -0.2) is 15.0 Å². The number of ether oxygens (including phenoxy) is 1. The molecule has 0 spiro atoms. The fourth-order valence-corrected chi connectivity index (χ4v) is 3.99. The second kappa shape index (κ2) is 7.63. The zero-order valence-electron chi connectivity index (χ0n) is 15.8. The number of benzene rings is 1. The molecule has 1 atom stereocenters. The van der Waals surface area contributed by atoms with Crippen molar-refractivity contribution < 1.29 is 4.74 Å². The van der Waals surface area contributed by atoms with E-state index in [1.165, 1.54) is 0 Å². The Kier molecular flexibility index (Phi) is 4.70. The van der Waals surface area contributed by atoms with Crippen LogP contribution in [-0.4, -0.2) is 65.4 Å². The van der Waals surface area contributed by atoms with Crippen molar-refractivity contribution in [3.05, 3.63) is 36.7 Å². The lowest BCUT2D eigenvalue weighted by Crippen LogP contribution is -2.43. The van der Waals surface area contributed by atoms with Crippen LogP contribution in [0.4, 0.5) is 17.6 Å². The van der Waals surface area contributed by atoms with E-state index in [0.717, 1.165) is 80.9 Å². The lowest BCUT2D eigenvalue weighted by Gasteiger charge is -2.34. The predicted octanol–water partition coefficient (Wildman–Crippen LogP) is 2.27. The standard InChI is InChI=1S/C20H25N7O/c1-2-6-17-16(5-1)24-20(25-17)23-15-4-3-7-27(13-15)19-12-18(21-14-22-19)26-8-10-28-11-9-26/h1-2,5-6,12,14-15H,3-4,7-11,13H2,(H2,23,24,25). The third-order valence-corrected chi connectivity index (χ3v) is 5.45. The number of H-pyrrole nitrogens is 1. The first-order chi connectivity index (χ1) is 13.8. The van der Waals surface area contributed by atoms with Crippen LogP contribution in [0.1, 0.15) is 12.8 Å². The van der Waals surface area contributed by atoms with Crippen LogP contribution < -0.4 is 15.1 Å². The highest BCUT2D eigenvalue weighted by atomic mass is 16.5. The highest BCUT2D eigenvalue weighted by Crippen LogP contribution is 2.23. The molecule has 2 aromatic heterocycles. The monoisotopic (exact) mass is 379 g/mol. The second-order valence-electron chi connectivity index (χ2n) is 7.37. The number of imidazole rings is 1. The average Bonchev–Trinajstić information content (AvgIpc) is 3.17. The molecule has 1 unspecified atom stereocenters. The lowest BCUT2D eigenvalue weighted by atomic mass is 10.1. The predicted molar refractivity (Wildman–Crippen MR) is 110 cm³/mol. The topological polar surface area (TPSA) is 82.2 Å². The highest BCUT2D eigenvalue weighted by molar-refractivity contribution is 5.77. The van der Waals surface area contributed by atoms with Gasteiger partial charge in [0.2, 0.25) is 5.95 Å². The molecule has 0 amide bonds. The summed E-state index contributed by atoms with van der Waals surface area (Å²) in [4.78, 5) is 21.6. The fraction of sp³-hybridized carbons (Fsp3) is 0.450. The number of nitrogens with one attached hydrogen (secondary N) is 2. The summed E-state index contributed by atoms with van der Waals surface area (Å²) in [5.41, 5.74) is 2.05. The summed E-state index contributed by atoms with van der Waals surface area (Å²) >= 11 is 0. The van der Waals surface area contributed by atoms with Crippen LogP contribution in [0.5, 0.6) is 0 Å². The van der Waals surface area contributed by atoms with Crippen LogP contribution in [-0.2, 0) is 4.74 Å². The first kappa shape index (κ1) is 17.2. The lowest BCUT2D eigenvalue weighted by molar-refractivity contribution is 0.122. The molecule has 3 aromatic rings. The second-order valence-corrected chi connectivity index (χ2v) is 7.37. The summed E-state index contributed by atoms with van der Waals surface area (Å²) in [6.45, 7) is 5.19. The summed E-state index contributed by atoms with van der Waals surface area (Å²) in [6, 6.07) is 10.5. The van der Waals surface area contributed by atoms with E-state index < -0.39 is 0 Å². The smallest absolute Gasteiger partial charge is 0.201 e. The Labute approximate surface area is 163 Å². The first-order valence-corrected chi connectivity index (χ1v) is 9.96. The van der Waals surface area contributed by atoms with Gasteiger partial charge >= 0.3 is 0 Å². The van der Waals surface area contributed by atoms with Gasteiger partial charge in [0.1, 0.15) is 18.0 Å². The van der Waals surface area contributed by atoms with Crippen LogP contribution in [0.15, 0.2) is 36.7 Å². The molecule has 2 N–H and O–H groups in total. The summed E-state index contributed by atoms with van der Waals surface area (Å²) in [5.74, 6) is 2.82. The largest absolute Gasteiger partial charge is 0.378 e. The van der Waals surface area contributed by atoms with Crippen molar-refractivity contribution in [3.63, 3.8) is 0 Å². The van der Waals surface area contributed by atoms with Crippen molar-refractivity contribution in [1.82, 2.24) is 19.9 Å². The Morgan fingerprint density at radius 3 is 2.71 bits per heavy atom. The number of rotatable bonds is 4. The molecule has 146 valence electrons. The molecule has 2 aliphatic heterocycles. The normalized spacial score (nSPS) is 20.5. The van der Waals surface area contributed by atoms with Gasteiger partial charge < -0.3 is 24.8 Å². The molecule has 0 aliphatic carbocycles. The molecule has 2 aliphatic rings. The Morgan fingerprint density at radius 1 is 1.04 bits per heavy atom. The highest BCUT2D eigenvalue weighted by Gasteiger charge is 2.23. The van der Waals surface area contributed by atoms with Gasteiger partial charge in [0.15, 0.2) is 0 Å². The summed E-state index contributed by atoms with van der Waals surface area (Å²) in [6.07, 6.45) is 3.92. The van der Waals surface area contributed by atoms with Gasteiger partial charge in [-0.15, -0.1) is 0 Å². The van der Waals surface area contributed by atoms with Crippen LogP contribution in [0.3, 0.4) is 0 Å².